The summed E-state index contributed by atoms with van der Waals surface area (Å²) in [5, 5.41) is 29.3. The maximum Gasteiger partial charge on any atom is 0.269 e. The van der Waals surface area contributed by atoms with E-state index in [1.807, 2.05) is 49.4 Å². The first kappa shape index (κ1) is 33.1. The van der Waals surface area contributed by atoms with Gasteiger partial charge in [0, 0.05) is 66.3 Å². The number of aryl methyl sites for hydroxylation is 1. The third-order valence-corrected chi connectivity index (χ3v) is 11.9. The summed E-state index contributed by atoms with van der Waals surface area (Å²) >= 11 is 0. The Labute approximate surface area is 278 Å². The number of rotatable bonds is 12. The van der Waals surface area contributed by atoms with Gasteiger partial charge in [-0.25, -0.2) is 0 Å². The highest BCUT2D eigenvalue weighted by molar-refractivity contribution is 6.72. The lowest BCUT2D eigenvalue weighted by atomic mass is 9.82. The maximum atomic E-state index is 16.2. The molecule has 2 amide bonds. The molecular formula is C34H37FN6O6Si. The third kappa shape index (κ3) is 5.91. The second-order valence-corrected chi connectivity index (χ2v) is 16.6. The van der Waals surface area contributed by atoms with Gasteiger partial charge in [-0.1, -0.05) is 42.5 Å². The van der Waals surface area contributed by atoms with Gasteiger partial charge >= 0.3 is 0 Å². The van der Waals surface area contributed by atoms with Crippen LogP contribution in [-0.2, 0) is 39.4 Å². The highest BCUT2D eigenvalue weighted by Crippen LogP contribution is 2.60. The van der Waals surface area contributed by atoms with Crippen LogP contribution in [0.15, 0.2) is 79.0 Å². The van der Waals surface area contributed by atoms with Crippen molar-refractivity contribution in [2.45, 2.75) is 63.2 Å². The van der Waals surface area contributed by atoms with Crippen LogP contribution in [0.3, 0.4) is 0 Å². The minimum Gasteiger partial charge on any atom is -0.396 e. The van der Waals surface area contributed by atoms with Crippen molar-refractivity contribution in [1.29, 1.82) is 0 Å². The smallest absolute Gasteiger partial charge is 0.269 e. The first-order valence-electron chi connectivity index (χ1n) is 15.8. The van der Waals surface area contributed by atoms with Gasteiger partial charge in [0.15, 0.2) is 5.60 Å². The van der Waals surface area contributed by atoms with Gasteiger partial charge in [-0.05, 0) is 55.4 Å². The van der Waals surface area contributed by atoms with E-state index in [-0.39, 0.29) is 18.8 Å². The van der Waals surface area contributed by atoms with Gasteiger partial charge in [0.1, 0.15) is 0 Å². The number of hydrogen-bond acceptors (Lipinski definition) is 8. The van der Waals surface area contributed by atoms with Crippen LogP contribution in [0.5, 0.6) is 0 Å². The number of nitro groups is 1. The first-order chi connectivity index (χ1) is 23.0. The van der Waals surface area contributed by atoms with Crippen LogP contribution in [0, 0.1) is 16.0 Å². The number of aliphatic hydroxyl groups excluding tert-OH is 1. The van der Waals surface area contributed by atoms with Crippen molar-refractivity contribution in [3.63, 3.8) is 0 Å². The normalized spacial score (nSPS) is 21.9. The number of anilines is 3. The minimum absolute atomic E-state index is 0.0621. The standard InChI is InChI=1S/C34H37FN6O6Si/c1-23-32(48(2,3)35)31(15-17-38-21-25(16-18-42)36-37-38)47-34(23)29-19-28(41(45)46)13-14-30(29)39(33(34)44)20-24-9-11-27(12-10-24)40(22-43)26-7-5-4-6-8-26/h4-14,19,21-23,31-32,42H,15-18,20H2,1-3H3/t23-,31+,32-,34+/m1/s1. The number of carbonyl (C=O) groups is 2. The fourth-order valence-corrected chi connectivity index (χ4v) is 9.86. The number of aliphatic hydroxyl groups is 1. The number of halogens is 1. The van der Waals surface area contributed by atoms with E-state index in [0.29, 0.717) is 47.7 Å². The van der Waals surface area contributed by atoms with Crippen LogP contribution in [0.4, 0.5) is 26.9 Å². The highest BCUT2D eigenvalue weighted by atomic mass is 28.4. The number of aromatic nitrogens is 3. The molecule has 250 valence electrons. The zero-order chi connectivity index (χ0) is 34.2. The first-order valence-corrected chi connectivity index (χ1v) is 18.8. The monoisotopic (exact) mass is 672 g/mol. The van der Waals surface area contributed by atoms with E-state index in [4.69, 9.17) is 4.74 Å². The van der Waals surface area contributed by atoms with E-state index in [1.54, 1.807) is 47.1 Å². The molecule has 48 heavy (non-hydrogen) atoms. The molecule has 1 aromatic heterocycles. The van der Waals surface area contributed by atoms with Gasteiger partial charge < -0.3 is 18.9 Å². The van der Waals surface area contributed by atoms with Crippen LogP contribution in [0.2, 0.25) is 18.6 Å². The van der Waals surface area contributed by atoms with Crippen LogP contribution in [0.25, 0.3) is 0 Å². The summed E-state index contributed by atoms with van der Waals surface area (Å²) in [6.45, 7) is 5.43. The number of nitro benzene ring substituents is 1. The second kappa shape index (κ2) is 13.0. The SMILES string of the molecule is C[C@@H]1[C@@H]([Si](C)(C)F)[C@H](CCn2cc(CCO)nn2)O[C@@]12C(=O)N(Cc1ccc(N(C=O)c3ccccc3)cc1)c1ccc([N+](=O)[O-])cc12. The van der Waals surface area contributed by atoms with Crippen molar-refractivity contribution in [3.8, 4) is 0 Å². The largest absolute Gasteiger partial charge is 0.396 e. The molecule has 3 aromatic carbocycles. The zero-order valence-corrected chi connectivity index (χ0v) is 27.9. The topological polar surface area (TPSA) is 144 Å². The molecule has 12 nitrogen and oxygen atoms in total. The molecule has 4 atom stereocenters. The molecule has 14 heteroatoms. The Morgan fingerprint density at radius 1 is 1.12 bits per heavy atom. The zero-order valence-electron chi connectivity index (χ0n) is 26.9. The van der Waals surface area contributed by atoms with Gasteiger partial charge in [-0.3, -0.25) is 29.3 Å². The Bertz CT molecular complexity index is 1820. The number of hydrogen-bond donors (Lipinski definition) is 1. The Balaban J connectivity index is 1.33. The number of ether oxygens (including phenoxy) is 1. The molecule has 1 saturated heterocycles. The molecule has 0 unspecified atom stereocenters. The second-order valence-electron chi connectivity index (χ2n) is 12.8. The van der Waals surface area contributed by atoms with Crippen LogP contribution in [0.1, 0.15) is 30.2 Å². The average molecular weight is 673 g/mol. The fourth-order valence-electron chi connectivity index (χ4n) is 7.32. The minimum atomic E-state index is -3.46. The molecule has 4 aromatic rings. The Morgan fingerprint density at radius 3 is 2.48 bits per heavy atom. The molecule has 2 aliphatic heterocycles. The fraction of sp³-hybridized carbons (Fsp3) is 0.353. The van der Waals surface area contributed by atoms with E-state index in [1.165, 1.54) is 17.0 Å². The summed E-state index contributed by atoms with van der Waals surface area (Å²) in [5.41, 5.74) is 1.16. The summed E-state index contributed by atoms with van der Waals surface area (Å²) in [7, 11) is -3.46. The molecule has 2 aliphatic rings. The van der Waals surface area contributed by atoms with Gasteiger partial charge in [-0.15, -0.1) is 5.10 Å². The van der Waals surface area contributed by atoms with Crippen LogP contribution < -0.4 is 9.80 Å². The Morgan fingerprint density at radius 2 is 1.83 bits per heavy atom. The lowest BCUT2D eigenvalue weighted by Gasteiger charge is -2.31. The van der Waals surface area contributed by atoms with Crippen molar-refractivity contribution < 1.29 is 28.5 Å². The summed E-state index contributed by atoms with van der Waals surface area (Å²) in [4.78, 5) is 41.1. The molecule has 0 bridgehead atoms. The van der Waals surface area contributed by atoms with Crippen molar-refractivity contribution in [3.05, 3.63) is 106 Å². The Hall–Kier alpha value is -4.79. The van der Waals surface area contributed by atoms with Gasteiger partial charge in [0.2, 0.25) is 14.8 Å². The molecule has 1 fully saturated rings. The average Bonchev–Trinajstić information content (AvgIpc) is 3.71. The number of benzene rings is 3. The molecule has 0 aliphatic carbocycles. The molecule has 0 saturated carbocycles. The lowest BCUT2D eigenvalue weighted by molar-refractivity contribution is -0.385. The number of carbonyl (C=O) groups excluding carboxylic acids is 2. The molecule has 0 radical (unpaired) electrons. The summed E-state index contributed by atoms with van der Waals surface area (Å²) in [5.74, 6) is -1.02. The van der Waals surface area contributed by atoms with Gasteiger partial charge in [-0.2, -0.15) is 0 Å². The van der Waals surface area contributed by atoms with Crippen molar-refractivity contribution >= 4 is 43.5 Å². The van der Waals surface area contributed by atoms with E-state index in [0.717, 1.165) is 12.0 Å². The Kier molecular flexibility index (Phi) is 8.98. The molecule has 6 rings (SSSR count). The summed E-state index contributed by atoms with van der Waals surface area (Å²) < 4.78 is 24.5. The summed E-state index contributed by atoms with van der Waals surface area (Å²) in [6.07, 6.45) is 2.49. The predicted octanol–water partition coefficient (Wildman–Crippen LogP) is 5.43. The number of non-ortho nitro benzene ring substituents is 1. The molecular weight excluding hydrogens is 635 g/mol. The van der Waals surface area contributed by atoms with E-state index in [9.17, 15) is 24.8 Å². The predicted molar refractivity (Wildman–Crippen MR) is 179 cm³/mol. The number of para-hydroxylation sites is 1. The van der Waals surface area contributed by atoms with Crippen molar-refractivity contribution in [2.24, 2.45) is 5.92 Å². The molecule has 1 spiro atoms. The van der Waals surface area contributed by atoms with Crippen molar-refractivity contribution in [2.75, 3.05) is 16.4 Å². The number of amides is 2. The maximum absolute atomic E-state index is 16.2. The van der Waals surface area contributed by atoms with Crippen molar-refractivity contribution in [1.82, 2.24) is 15.0 Å². The van der Waals surface area contributed by atoms with Crippen LogP contribution in [-0.4, -0.2) is 58.5 Å². The third-order valence-electron chi connectivity index (χ3n) is 9.45. The highest BCUT2D eigenvalue weighted by Gasteiger charge is 2.66. The van der Waals surface area contributed by atoms with E-state index >= 15 is 4.11 Å². The molecule has 3 heterocycles. The number of fused-ring (bicyclic) bond motifs is 2. The van der Waals surface area contributed by atoms with Gasteiger partial charge in [0.05, 0.1) is 29.0 Å². The van der Waals surface area contributed by atoms with E-state index < -0.39 is 42.4 Å². The van der Waals surface area contributed by atoms with Crippen LogP contribution >= 0.6 is 0 Å². The summed E-state index contributed by atoms with van der Waals surface area (Å²) in [6, 6.07) is 20.7. The quantitative estimate of drug-likeness (QED) is 0.0690. The lowest BCUT2D eigenvalue weighted by Crippen LogP contribution is -2.45. The van der Waals surface area contributed by atoms with Gasteiger partial charge in [0.25, 0.3) is 11.6 Å². The molecule has 1 N–H and O–H groups in total. The van der Waals surface area contributed by atoms with E-state index in [2.05, 4.69) is 10.3 Å². The number of nitrogens with zero attached hydrogens (tertiary/aromatic N) is 6.